The zero-order valence-corrected chi connectivity index (χ0v) is 9.21. The van der Waals surface area contributed by atoms with E-state index >= 15 is 0 Å². The third kappa shape index (κ3) is 3.29. The molecule has 3 heteroatoms. The Labute approximate surface area is 86.0 Å². The minimum absolute atomic E-state index is 0.179. The number of hydrogen-bond donors (Lipinski definition) is 1. The molecular weight excluding hydrogens is 178 g/mol. The second-order valence-electron chi connectivity index (χ2n) is 4.65. The van der Waals surface area contributed by atoms with E-state index in [1.54, 1.807) is 0 Å². The minimum atomic E-state index is -0.308. The van der Waals surface area contributed by atoms with Gasteiger partial charge >= 0.3 is 5.97 Å². The van der Waals surface area contributed by atoms with Crippen LogP contribution in [0.15, 0.2) is 0 Å². The van der Waals surface area contributed by atoms with Crippen LogP contribution in [0.5, 0.6) is 0 Å². The molecule has 0 aromatic heterocycles. The molecule has 0 saturated heterocycles. The number of carbonyl (C=O) groups excluding carboxylic acids is 1. The second kappa shape index (κ2) is 4.78. The molecule has 82 valence electrons. The van der Waals surface area contributed by atoms with Gasteiger partial charge in [0.1, 0.15) is 0 Å². The molecule has 2 atom stereocenters. The summed E-state index contributed by atoms with van der Waals surface area (Å²) < 4.78 is 4.67. The molecular formula is C11H21NO2. The van der Waals surface area contributed by atoms with Gasteiger partial charge in [-0.1, -0.05) is 19.8 Å². The monoisotopic (exact) mass is 199 g/mol. The summed E-state index contributed by atoms with van der Waals surface area (Å²) in [6.07, 6.45) is 5.77. The Morgan fingerprint density at radius 2 is 2.21 bits per heavy atom. The fourth-order valence-corrected chi connectivity index (χ4v) is 2.14. The average Bonchev–Trinajstić information content (AvgIpc) is 2.29. The van der Waals surface area contributed by atoms with Crippen LogP contribution in [0.4, 0.5) is 0 Å². The average molecular weight is 199 g/mol. The Morgan fingerprint density at radius 1 is 1.50 bits per heavy atom. The van der Waals surface area contributed by atoms with Gasteiger partial charge in [0, 0.05) is 5.54 Å². The third-order valence-electron chi connectivity index (χ3n) is 3.23. The number of hydrogen-bond acceptors (Lipinski definition) is 3. The molecule has 0 aromatic rings. The fraction of sp³-hybridized carbons (Fsp3) is 0.909. The van der Waals surface area contributed by atoms with Crippen LogP contribution >= 0.6 is 0 Å². The summed E-state index contributed by atoms with van der Waals surface area (Å²) in [4.78, 5) is 11.2. The van der Waals surface area contributed by atoms with Crippen LogP contribution in [0, 0.1) is 5.92 Å². The maximum atomic E-state index is 11.2. The van der Waals surface area contributed by atoms with Crippen molar-refractivity contribution in [3.05, 3.63) is 0 Å². The Kier molecular flexibility index (Phi) is 3.93. The Morgan fingerprint density at radius 3 is 2.86 bits per heavy atom. The van der Waals surface area contributed by atoms with Gasteiger partial charge in [-0.05, 0) is 25.2 Å². The number of carbonyl (C=O) groups is 1. The molecule has 0 amide bonds. The van der Waals surface area contributed by atoms with Crippen molar-refractivity contribution < 1.29 is 9.53 Å². The van der Waals surface area contributed by atoms with Gasteiger partial charge in [-0.15, -0.1) is 0 Å². The van der Waals surface area contributed by atoms with Crippen LogP contribution in [0.2, 0.25) is 0 Å². The highest BCUT2D eigenvalue weighted by Crippen LogP contribution is 2.30. The lowest BCUT2D eigenvalue weighted by molar-refractivity contribution is -0.142. The van der Waals surface area contributed by atoms with Crippen LogP contribution in [-0.2, 0) is 9.53 Å². The second-order valence-corrected chi connectivity index (χ2v) is 4.65. The Balaban J connectivity index is 2.50. The first-order chi connectivity index (χ1) is 6.56. The smallest absolute Gasteiger partial charge is 0.307 e. The van der Waals surface area contributed by atoms with Crippen molar-refractivity contribution >= 4 is 5.97 Å². The molecule has 0 aliphatic heterocycles. The number of rotatable bonds is 2. The summed E-state index contributed by atoms with van der Waals surface area (Å²) in [7, 11) is 1.42. The van der Waals surface area contributed by atoms with E-state index in [4.69, 9.17) is 5.73 Å². The van der Waals surface area contributed by atoms with Gasteiger partial charge in [0.05, 0.1) is 13.5 Å². The third-order valence-corrected chi connectivity index (χ3v) is 3.23. The van der Waals surface area contributed by atoms with Gasteiger partial charge in [-0.2, -0.15) is 0 Å². The van der Waals surface area contributed by atoms with Crippen molar-refractivity contribution in [2.45, 2.75) is 51.0 Å². The van der Waals surface area contributed by atoms with Crippen molar-refractivity contribution in [3.63, 3.8) is 0 Å². The summed E-state index contributed by atoms with van der Waals surface area (Å²) >= 11 is 0. The highest BCUT2D eigenvalue weighted by Gasteiger charge is 2.30. The molecule has 0 radical (unpaired) electrons. The largest absolute Gasteiger partial charge is 0.469 e. The highest BCUT2D eigenvalue weighted by atomic mass is 16.5. The van der Waals surface area contributed by atoms with Gasteiger partial charge < -0.3 is 10.5 Å². The van der Waals surface area contributed by atoms with Crippen LogP contribution in [0.1, 0.15) is 45.4 Å². The normalized spacial score (nSPS) is 33.5. The van der Waals surface area contributed by atoms with Crippen LogP contribution < -0.4 is 5.73 Å². The zero-order chi connectivity index (χ0) is 10.6. The van der Waals surface area contributed by atoms with Crippen molar-refractivity contribution in [2.75, 3.05) is 7.11 Å². The summed E-state index contributed by atoms with van der Waals surface area (Å²) in [6.45, 7) is 2.25. The SMILES string of the molecule is COC(=O)CC1(N)CCCC(C)CC1. The van der Waals surface area contributed by atoms with Gasteiger partial charge in [0.25, 0.3) is 0 Å². The van der Waals surface area contributed by atoms with Crippen molar-refractivity contribution in [1.82, 2.24) is 0 Å². The molecule has 1 rings (SSSR count). The van der Waals surface area contributed by atoms with Gasteiger partial charge in [-0.3, -0.25) is 4.79 Å². The minimum Gasteiger partial charge on any atom is -0.469 e. The first kappa shape index (κ1) is 11.5. The van der Waals surface area contributed by atoms with E-state index in [-0.39, 0.29) is 11.5 Å². The first-order valence-corrected chi connectivity index (χ1v) is 5.41. The predicted octanol–water partition coefficient (Wildman–Crippen LogP) is 1.85. The highest BCUT2D eigenvalue weighted by molar-refractivity contribution is 5.70. The van der Waals surface area contributed by atoms with E-state index in [2.05, 4.69) is 11.7 Å². The molecule has 0 aromatic carbocycles. The van der Waals surface area contributed by atoms with Crippen LogP contribution in [0.3, 0.4) is 0 Å². The summed E-state index contributed by atoms with van der Waals surface area (Å²) in [5.41, 5.74) is 5.89. The zero-order valence-electron chi connectivity index (χ0n) is 9.21. The molecule has 1 fully saturated rings. The molecule has 1 aliphatic rings. The number of methoxy groups -OCH3 is 1. The van der Waals surface area contributed by atoms with E-state index in [9.17, 15) is 4.79 Å². The molecule has 0 heterocycles. The number of esters is 1. The van der Waals surface area contributed by atoms with E-state index in [0.29, 0.717) is 6.42 Å². The Bertz CT molecular complexity index is 205. The van der Waals surface area contributed by atoms with Gasteiger partial charge in [0.2, 0.25) is 0 Å². The van der Waals surface area contributed by atoms with Crippen LogP contribution in [-0.4, -0.2) is 18.6 Å². The van der Waals surface area contributed by atoms with Gasteiger partial charge in [-0.25, -0.2) is 0 Å². The molecule has 2 unspecified atom stereocenters. The maximum absolute atomic E-state index is 11.2. The lowest BCUT2D eigenvalue weighted by atomic mass is 9.88. The van der Waals surface area contributed by atoms with E-state index < -0.39 is 0 Å². The number of nitrogens with two attached hydrogens (primary N) is 1. The fourth-order valence-electron chi connectivity index (χ4n) is 2.14. The van der Waals surface area contributed by atoms with Gasteiger partial charge in [0.15, 0.2) is 0 Å². The predicted molar refractivity (Wildman–Crippen MR) is 55.8 cm³/mol. The maximum Gasteiger partial charge on any atom is 0.307 e. The van der Waals surface area contributed by atoms with Crippen molar-refractivity contribution in [3.8, 4) is 0 Å². The van der Waals surface area contributed by atoms with Crippen molar-refractivity contribution in [2.24, 2.45) is 11.7 Å². The van der Waals surface area contributed by atoms with Crippen LogP contribution in [0.25, 0.3) is 0 Å². The Hall–Kier alpha value is -0.570. The molecule has 1 aliphatic carbocycles. The van der Waals surface area contributed by atoms with E-state index in [1.807, 2.05) is 0 Å². The summed E-state index contributed by atoms with van der Waals surface area (Å²) in [5.74, 6) is 0.570. The van der Waals surface area contributed by atoms with E-state index in [0.717, 1.165) is 31.6 Å². The molecule has 0 bridgehead atoms. The molecule has 0 spiro atoms. The lowest BCUT2D eigenvalue weighted by Crippen LogP contribution is -2.41. The van der Waals surface area contributed by atoms with Crippen molar-refractivity contribution in [1.29, 1.82) is 0 Å². The molecule has 2 N–H and O–H groups in total. The summed E-state index contributed by atoms with van der Waals surface area (Å²) in [5, 5.41) is 0. The molecule has 1 saturated carbocycles. The standard InChI is InChI=1S/C11H21NO2/c1-9-4-3-6-11(12,7-5-9)8-10(13)14-2/h9H,3-8,12H2,1-2H3. The number of ether oxygens (including phenoxy) is 1. The molecule has 14 heavy (non-hydrogen) atoms. The van der Waals surface area contributed by atoms with E-state index in [1.165, 1.54) is 13.5 Å². The lowest BCUT2D eigenvalue weighted by Gasteiger charge is -2.26. The first-order valence-electron chi connectivity index (χ1n) is 5.41. The quantitative estimate of drug-likeness (QED) is 0.545. The summed E-state index contributed by atoms with van der Waals surface area (Å²) in [6, 6.07) is 0. The topological polar surface area (TPSA) is 52.3 Å². The molecule has 3 nitrogen and oxygen atoms in total.